The Hall–Kier alpha value is -2.09. The van der Waals surface area contributed by atoms with Crippen molar-refractivity contribution in [1.82, 2.24) is 5.32 Å². The third-order valence-electron chi connectivity index (χ3n) is 3.84. The summed E-state index contributed by atoms with van der Waals surface area (Å²) in [6.45, 7) is 4.55. The molecule has 0 radical (unpaired) electrons. The molecule has 2 aromatic rings. The number of nitrogens with one attached hydrogen (secondary N) is 1. The number of carbonyl (C=O) groups is 1. The van der Waals surface area contributed by atoms with Gasteiger partial charge in [-0.15, -0.1) is 6.58 Å². The minimum atomic E-state index is -0.192. The molecule has 0 aliphatic carbocycles. The van der Waals surface area contributed by atoms with E-state index < -0.39 is 0 Å². The molecule has 0 bridgehead atoms. The SMILES string of the molecule is C=CCc1ccccc1OCCOc1ccc(Br)cc1/C=C1\SC(=S)NC1=O. The lowest BCUT2D eigenvalue weighted by molar-refractivity contribution is -0.115. The first-order chi connectivity index (χ1) is 13.6. The second-order valence-electron chi connectivity index (χ2n) is 5.83. The number of thiocarbonyl (C=S) groups is 1. The van der Waals surface area contributed by atoms with Crippen molar-refractivity contribution in [2.24, 2.45) is 0 Å². The maximum absolute atomic E-state index is 11.9. The van der Waals surface area contributed by atoms with Gasteiger partial charge in [-0.1, -0.05) is 64.2 Å². The second-order valence-corrected chi connectivity index (χ2v) is 8.47. The van der Waals surface area contributed by atoms with Crippen LogP contribution in [0, 0.1) is 0 Å². The molecule has 0 spiro atoms. The molecule has 0 saturated carbocycles. The molecular weight excluding hydrogens is 458 g/mol. The summed E-state index contributed by atoms with van der Waals surface area (Å²) in [5.41, 5.74) is 1.88. The number of hydrogen-bond acceptors (Lipinski definition) is 5. The van der Waals surface area contributed by atoms with Gasteiger partial charge in [-0.2, -0.15) is 0 Å². The van der Waals surface area contributed by atoms with E-state index in [-0.39, 0.29) is 5.91 Å². The van der Waals surface area contributed by atoms with Crippen LogP contribution in [-0.4, -0.2) is 23.4 Å². The lowest BCUT2D eigenvalue weighted by Gasteiger charge is -2.13. The predicted octanol–water partition coefficient (Wildman–Crippen LogP) is 5.12. The van der Waals surface area contributed by atoms with E-state index in [9.17, 15) is 4.79 Å². The van der Waals surface area contributed by atoms with E-state index in [2.05, 4.69) is 27.8 Å². The van der Waals surface area contributed by atoms with Gasteiger partial charge < -0.3 is 14.8 Å². The first-order valence-corrected chi connectivity index (χ1v) is 10.6. The van der Waals surface area contributed by atoms with Crippen molar-refractivity contribution in [2.45, 2.75) is 6.42 Å². The third-order valence-corrected chi connectivity index (χ3v) is 5.49. The van der Waals surface area contributed by atoms with E-state index in [1.165, 1.54) is 11.8 Å². The van der Waals surface area contributed by atoms with Gasteiger partial charge in [-0.3, -0.25) is 4.79 Å². The van der Waals surface area contributed by atoms with Gasteiger partial charge in [-0.05, 0) is 42.3 Å². The topological polar surface area (TPSA) is 47.6 Å². The quantitative estimate of drug-likeness (QED) is 0.248. The maximum Gasteiger partial charge on any atom is 0.263 e. The van der Waals surface area contributed by atoms with Crippen LogP contribution in [0.1, 0.15) is 11.1 Å². The number of hydrogen-bond donors (Lipinski definition) is 1. The Morgan fingerprint density at radius 1 is 1.14 bits per heavy atom. The molecule has 0 aromatic heterocycles. The minimum absolute atomic E-state index is 0.192. The molecule has 1 heterocycles. The number of rotatable bonds is 8. The first kappa shape index (κ1) is 20.6. The normalized spacial score (nSPS) is 14.8. The average Bonchev–Trinajstić information content (AvgIpc) is 2.98. The number of ether oxygens (including phenoxy) is 2. The van der Waals surface area contributed by atoms with Crippen molar-refractivity contribution in [2.75, 3.05) is 13.2 Å². The average molecular weight is 476 g/mol. The van der Waals surface area contributed by atoms with Crippen molar-refractivity contribution in [3.05, 3.63) is 75.6 Å². The molecule has 1 aliphatic heterocycles. The Balaban J connectivity index is 1.65. The van der Waals surface area contributed by atoms with Gasteiger partial charge >= 0.3 is 0 Å². The van der Waals surface area contributed by atoms with E-state index in [0.717, 1.165) is 27.8 Å². The van der Waals surface area contributed by atoms with E-state index in [1.807, 2.05) is 48.5 Å². The molecule has 2 aromatic carbocycles. The van der Waals surface area contributed by atoms with Gasteiger partial charge in [0.15, 0.2) is 0 Å². The largest absolute Gasteiger partial charge is 0.490 e. The van der Waals surface area contributed by atoms with Gasteiger partial charge in [0.25, 0.3) is 5.91 Å². The van der Waals surface area contributed by atoms with Crippen LogP contribution < -0.4 is 14.8 Å². The Morgan fingerprint density at radius 3 is 2.61 bits per heavy atom. The summed E-state index contributed by atoms with van der Waals surface area (Å²) in [7, 11) is 0. The summed E-state index contributed by atoms with van der Waals surface area (Å²) in [6.07, 6.45) is 4.38. The fourth-order valence-corrected chi connectivity index (χ4v) is 4.01. The van der Waals surface area contributed by atoms with Crippen LogP contribution in [0.5, 0.6) is 11.5 Å². The zero-order valence-electron chi connectivity index (χ0n) is 14.9. The number of para-hydroxylation sites is 1. The number of allylic oxidation sites excluding steroid dienone is 1. The van der Waals surface area contributed by atoms with E-state index in [4.69, 9.17) is 21.7 Å². The fourth-order valence-electron chi connectivity index (χ4n) is 2.60. The van der Waals surface area contributed by atoms with Gasteiger partial charge in [0, 0.05) is 10.0 Å². The standard InChI is InChI=1S/C21H18BrNO3S2/c1-2-5-14-6-3-4-7-17(14)25-10-11-26-18-9-8-16(22)12-15(18)13-19-20(24)23-21(27)28-19/h2-4,6-9,12-13H,1,5,10-11H2,(H,23,24,27)/b19-13-. The predicted molar refractivity (Wildman–Crippen MR) is 122 cm³/mol. The van der Waals surface area contributed by atoms with E-state index in [0.29, 0.717) is 28.2 Å². The summed E-state index contributed by atoms with van der Waals surface area (Å²) in [5.74, 6) is 1.31. The molecule has 144 valence electrons. The molecule has 1 amide bonds. The smallest absolute Gasteiger partial charge is 0.263 e. The summed E-state index contributed by atoms with van der Waals surface area (Å²) in [4.78, 5) is 12.5. The molecule has 1 N–H and O–H groups in total. The number of halogens is 1. The fraction of sp³-hybridized carbons (Fsp3) is 0.143. The summed E-state index contributed by atoms with van der Waals surface area (Å²) < 4.78 is 13.1. The molecule has 0 unspecified atom stereocenters. The molecule has 0 atom stereocenters. The minimum Gasteiger partial charge on any atom is -0.490 e. The van der Waals surface area contributed by atoms with Crippen LogP contribution in [-0.2, 0) is 11.2 Å². The van der Waals surface area contributed by atoms with E-state index >= 15 is 0 Å². The molecule has 1 saturated heterocycles. The molecule has 1 aliphatic rings. The maximum atomic E-state index is 11.9. The van der Waals surface area contributed by atoms with Crippen molar-refractivity contribution in [3.8, 4) is 11.5 Å². The number of amides is 1. The number of benzene rings is 2. The van der Waals surface area contributed by atoms with Gasteiger partial charge in [-0.25, -0.2) is 0 Å². The van der Waals surface area contributed by atoms with Crippen LogP contribution >= 0.6 is 39.9 Å². The highest BCUT2D eigenvalue weighted by molar-refractivity contribution is 9.10. The lowest BCUT2D eigenvalue weighted by atomic mass is 10.1. The van der Waals surface area contributed by atoms with Crippen molar-refractivity contribution in [1.29, 1.82) is 0 Å². The molecule has 4 nitrogen and oxygen atoms in total. The Labute approximate surface area is 182 Å². The monoisotopic (exact) mass is 475 g/mol. The van der Waals surface area contributed by atoms with Crippen LogP contribution in [0.15, 0.2) is 64.5 Å². The van der Waals surface area contributed by atoms with Gasteiger partial charge in [0.1, 0.15) is 29.0 Å². The van der Waals surface area contributed by atoms with Crippen molar-refractivity contribution in [3.63, 3.8) is 0 Å². The van der Waals surface area contributed by atoms with Crippen molar-refractivity contribution < 1.29 is 14.3 Å². The lowest BCUT2D eigenvalue weighted by Crippen LogP contribution is -2.17. The molecule has 7 heteroatoms. The Bertz CT molecular complexity index is 943. The van der Waals surface area contributed by atoms with Gasteiger partial charge in [0.05, 0.1) is 4.91 Å². The summed E-state index contributed by atoms with van der Waals surface area (Å²) >= 11 is 9.74. The van der Waals surface area contributed by atoms with Crippen LogP contribution in [0.4, 0.5) is 0 Å². The van der Waals surface area contributed by atoms with Crippen LogP contribution in [0.2, 0.25) is 0 Å². The molecular formula is C21H18BrNO3S2. The second kappa shape index (κ2) is 9.91. The van der Waals surface area contributed by atoms with Crippen LogP contribution in [0.25, 0.3) is 6.08 Å². The van der Waals surface area contributed by atoms with E-state index in [1.54, 1.807) is 6.08 Å². The third kappa shape index (κ3) is 5.47. The molecule has 3 rings (SSSR count). The highest BCUT2D eigenvalue weighted by Gasteiger charge is 2.22. The van der Waals surface area contributed by atoms with Gasteiger partial charge in [0.2, 0.25) is 0 Å². The highest BCUT2D eigenvalue weighted by Crippen LogP contribution is 2.31. The summed E-state index contributed by atoms with van der Waals surface area (Å²) in [6, 6.07) is 13.5. The number of thioether (sulfide) groups is 1. The Kier molecular flexibility index (Phi) is 7.30. The molecule has 1 fully saturated rings. The first-order valence-electron chi connectivity index (χ1n) is 8.55. The zero-order chi connectivity index (χ0) is 19.9. The highest BCUT2D eigenvalue weighted by atomic mass is 79.9. The van der Waals surface area contributed by atoms with Crippen molar-refractivity contribution >= 4 is 56.2 Å². The Morgan fingerprint density at radius 2 is 1.89 bits per heavy atom. The van der Waals surface area contributed by atoms with Crippen LogP contribution in [0.3, 0.4) is 0 Å². The zero-order valence-corrected chi connectivity index (χ0v) is 18.2. The summed E-state index contributed by atoms with van der Waals surface area (Å²) in [5, 5.41) is 2.61. The molecule has 28 heavy (non-hydrogen) atoms. The number of carbonyl (C=O) groups excluding carboxylic acids is 1.